The highest BCUT2D eigenvalue weighted by molar-refractivity contribution is 5.93. The minimum Gasteiger partial charge on any atom is -0.497 e. The van der Waals surface area contributed by atoms with Crippen LogP contribution in [0.15, 0.2) is 42.6 Å². The smallest absolute Gasteiger partial charge is 0.272 e. The van der Waals surface area contributed by atoms with E-state index in [1.54, 1.807) is 46.3 Å². The van der Waals surface area contributed by atoms with Crippen LogP contribution >= 0.6 is 0 Å². The first-order valence-electron chi connectivity index (χ1n) is 9.84. The number of methoxy groups -OCH3 is 1. The molecule has 1 aromatic carbocycles. The molecular weight excluding hydrogens is 373 g/mol. The molecule has 0 radical (unpaired) electrons. The second-order valence-corrected chi connectivity index (χ2v) is 7.76. The van der Waals surface area contributed by atoms with Crippen molar-refractivity contribution in [2.75, 3.05) is 26.7 Å². The van der Waals surface area contributed by atoms with E-state index in [-0.39, 0.29) is 24.2 Å². The van der Waals surface area contributed by atoms with Crippen LogP contribution in [0.3, 0.4) is 0 Å². The number of hydrogen-bond acceptors (Lipinski definition) is 4. The molecule has 0 saturated carbocycles. The summed E-state index contributed by atoms with van der Waals surface area (Å²) in [6.07, 6.45) is 3.80. The number of piperidine rings is 1. The summed E-state index contributed by atoms with van der Waals surface area (Å²) in [4.78, 5) is 33.7. The fourth-order valence-corrected chi connectivity index (χ4v) is 4.38. The minimum atomic E-state index is -0.585. The fourth-order valence-electron chi connectivity index (χ4n) is 4.38. The van der Waals surface area contributed by atoms with Crippen molar-refractivity contribution in [1.82, 2.24) is 14.8 Å². The summed E-state index contributed by atoms with van der Waals surface area (Å²) in [7, 11) is 1.53. The average Bonchev–Trinajstić information content (AvgIpc) is 3.18. The average molecular weight is 397 g/mol. The van der Waals surface area contributed by atoms with Crippen molar-refractivity contribution in [3.05, 3.63) is 59.7 Å². The lowest BCUT2D eigenvalue weighted by Gasteiger charge is -2.39. The van der Waals surface area contributed by atoms with Crippen LogP contribution < -0.4 is 4.74 Å². The van der Waals surface area contributed by atoms with Crippen molar-refractivity contribution in [3.8, 4) is 5.75 Å². The zero-order chi connectivity index (χ0) is 20.4. The van der Waals surface area contributed by atoms with E-state index < -0.39 is 5.41 Å². The Morgan fingerprint density at radius 3 is 2.86 bits per heavy atom. The predicted octanol–water partition coefficient (Wildman–Crippen LogP) is 2.88. The number of aromatic nitrogens is 1. The highest BCUT2D eigenvalue weighted by atomic mass is 19.1. The van der Waals surface area contributed by atoms with E-state index >= 15 is 0 Å². The van der Waals surface area contributed by atoms with Crippen LogP contribution in [0.25, 0.3) is 0 Å². The fraction of sp³-hybridized carbons (Fsp3) is 0.409. The number of carbonyl (C=O) groups excluding carboxylic acids is 2. The molecule has 2 amide bonds. The number of likely N-dealkylation sites (tertiary alicyclic amines) is 2. The van der Waals surface area contributed by atoms with Gasteiger partial charge < -0.3 is 14.5 Å². The summed E-state index contributed by atoms with van der Waals surface area (Å²) in [5.41, 5.74) is 0.246. The molecule has 3 heterocycles. The Morgan fingerprint density at radius 2 is 2.10 bits per heavy atom. The second-order valence-electron chi connectivity index (χ2n) is 7.76. The largest absolute Gasteiger partial charge is 0.497 e. The molecule has 1 spiro atoms. The molecule has 0 bridgehead atoms. The summed E-state index contributed by atoms with van der Waals surface area (Å²) in [6, 6.07) is 9.80. The maximum Gasteiger partial charge on any atom is 0.272 e. The first kappa shape index (κ1) is 19.4. The molecule has 4 rings (SSSR count). The van der Waals surface area contributed by atoms with Crippen LogP contribution in [0.2, 0.25) is 0 Å². The molecule has 1 aromatic heterocycles. The van der Waals surface area contributed by atoms with E-state index in [2.05, 4.69) is 4.98 Å². The Balaban J connectivity index is 1.50. The lowest BCUT2D eigenvalue weighted by molar-refractivity contribution is -0.146. The van der Waals surface area contributed by atoms with Gasteiger partial charge in [0.2, 0.25) is 5.91 Å². The van der Waals surface area contributed by atoms with Gasteiger partial charge in [-0.25, -0.2) is 4.39 Å². The van der Waals surface area contributed by atoms with Gasteiger partial charge in [0.25, 0.3) is 5.91 Å². The summed E-state index contributed by atoms with van der Waals surface area (Å²) in [5.74, 6) is 0.0682. The second kappa shape index (κ2) is 7.81. The third-order valence-corrected chi connectivity index (χ3v) is 5.96. The number of amides is 2. The Bertz CT molecular complexity index is 921. The summed E-state index contributed by atoms with van der Waals surface area (Å²) in [6.45, 7) is 1.71. The Morgan fingerprint density at radius 1 is 1.24 bits per heavy atom. The number of ether oxygens (including phenoxy) is 1. The number of benzene rings is 1. The third-order valence-electron chi connectivity index (χ3n) is 5.96. The molecule has 2 aliphatic rings. The van der Waals surface area contributed by atoms with Gasteiger partial charge in [-0.3, -0.25) is 14.6 Å². The van der Waals surface area contributed by atoms with Crippen LogP contribution in [0.4, 0.5) is 4.39 Å². The van der Waals surface area contributed by atoms with Gasteiger partial charge in [0.15, 0.2) is 0 Å². The highest BCUT2D eigenvalue weighted by Crippen LogP contribution is 2.41. The zero-order valence-corrected chi connectivity index (χ0v) is 16.4. The Kier molecular flexibility index (Phi) is 5.22. The van der Waals surface area contributed by atoms with E-state index in [1.165, 1.54) is 13.2 Å². The molecule has 2 aromatic rings. The third kappa shape index (κ3) is 3.69. The van der Waals surface area contributed by atoms with E-state index in [1.807, 2.05) is 0 Å². The molecule has 152 valence electrons. The number of rotatable bonds is 4. The topological polar surface area (TPSA) is 62.7 Å². The molecule has 2 aliphatic heterocycles. The van der Waals surface area contributed by atoms with Crippen molar-refractivity contribution in [2.45, 2.75) is 25.8 Å². The van der Waals surface area contributed by atoms with Gasteiger partial charge in [0, 0.05) is 37.9 Å². The number of pyridine rings is 1. The summed E-state index contributed by atoms with van der Waals surface area (Å²) in [5, 5.41) is 0. The van der Waals surface area contributed by atoms with Crippen LogP contribution in [-0.4, -0.2) is 53.3 Å². The lowest BCUT2D eigenvalue weighted by Crippen LogP contribution is -2.50. The van der Waals surface area contributed by atoms with Crippen molar-refractivity contribution in [2.24, 2.45) is 5.41 Å². The van der Waals surface area contributed by atoms with Gasteiger partial charge in [0.1, 0.15) is 17.3 Å². The lowest BCUT2D eigenvalue weighted by atomic mass is 9.78. The quantitative estimate of drug-likeness (QED) is 0.796. The van der Waals surface area contributed by atoms with Crippen LogP contribution in [-0.2, 0) is 11.3 Å². The summed E-state index contributed by atoms with van der Waals surface area (Å²) < 4.78 is 19.4. The van der Waals surface area contributed by atoms with Crippen molar-refractivity contribution < 1.29 is 18.7 Å². The van der Waals surface area contributed by atoms with Crippen molar-refractivity contribution in [1.29, 1.82) is 0 Å². The predicted molar refractivity (Wildman–Crippen MR) is 105 cm³/mol. The Hall–Kier alpha value is -2.96. The maximum absolute atomic E-state index is 14.3. The number of nitrogens with zero attached hydrogens (tertiary/aromatic N) is 3. The zero-order valence-electron chi connectivity index (χ0n) is 16.4. The number of carbonyl (C=O) groups is 2. The van der Waals surface area contributed by atoms with Gasteiger partial charge in [-0.05, 0) is 49.6 Å². The SMILES string of the molecule is COc1ccc(F)c(CN2CCCC3(CCN(C(=O)c4ccccn4)C3)C2=O)c1. The maximum atomic E-state index is 14.3. The molecule has 0 N–H and O–H groups in total. The molecule has 2 saturated heterocycles. The summed E-state index contributed by atoms with van der Waals surface area (Å²) >= 11 is 0. The van der Waals surface area contributed by atoms with Crippen LogP contribution in [0.1, 0.15) is 35.3 Å². The van der Waals surface area contributed by atoms with E-state index in [0.717, 1.165) is 12.8 Å². The minimum absolute atomic E-state index is 0.00212. The molecule has 1 unspecified atom stereocenters. The molecule has 7 heteroatoms. The molecule has 0 aliphatic carbocycles. The molecule has 29 heavy (non-hydrogen) atoms. The molecule has 1 atom stereocenters. The van der Waals surface area contributed by atoms with E-state index in [9.17, 15) is 14.0 Å². The molecule has 2 fully saturated rings. The first-order valence-corrected chi connectivity index (χ1v) is 9.84. The van der Waals surface area contributed by atoms with Gasteiger partial charge in [-0.1, -0.05) is 6.07 Å². The highest BCUT2D eigenvalue weighted by Gasteiger charge is 2.49. The Labute approximate surface area is 169 Å². The van der Waals surface area contributed by atoms with Crippen LogP contribution in [0, 0.1) is 11.2 Å². The van der Waals surface area contributed by atoms with Crippen molar-refractivity contribution in [3.63, 3.8) is 0 Å². The monoisotopic (exact) mass is 397 g/mol. The first-order chi connectivity index (χ1) is 14.0. The van der Waals surface area contributed by atoms with Gasteiger partial charge in [-0.15, -0.1) is 0 Å². The standard InChI is InChI=1S/C22H24FN3O3/c1-29-17-6-7-18(23)16(13-17)14-25-11-4-8-22(21(25)28)9-12-26(15-22)20(27)19-5-2-3-10-24-19/h2-3,5-7,10,13H,4,8-9,11-12,14-15H2,1H3. The van der Waals surface area contributed by atoms with Crippen molar-refractivity contribution >= 4 is 11.8 Å². The van der Waals surface area contributed by atoms with Gasteiger partial charge >= 0.3 is 0 Å². The number of hydrogen-bond donors (Lipinski definition) is 0. The molecular formula is C22H24FN3O3. The van der Waals surface area contributed by atoms with Gasteiger partial charge in [-0.2, -0.15) is 0 Å². The van der Waals surface area contributed by atoms with E-state index in [4.69, 9.17) is 4.74 Å². The van der Waals surface area contributed by atoms with Crippen LogP contribution in [0.5, 0.6) is 5.75 Å². The molecule has 6 nitrogen and oxygen atoms in total. The van der Waals surface area contributed by atoms with E-state index in [0.29, 0.717) is 43.1 Å². The number of halogens is 1. The normalized spacial score (nSPS) is 21.7. The van der Waals surface area contributed by atoms with Gasteiger partial charge in [0.05, 0.1) is 12.5 Å².